The molecule has 0 saturated heterocycles. The molecule has 0 fully saturated rings. The molecule has 7 nitrogen and oxygen atoms in total. The monoisotopic (exact) mass is 518 g/mol. The van der Waals surface area contributed by atoms with Crippen molar-refractivity contribution in [2.24, 2.45) is 0 Å². The lowest BCUT2D eigenvalue weighted by Crippen LogP contribution is -2.27. The average Bonchev–Trinajstić information content (AvgIpc) is 2.71. The lowest BCUT2D eigenvalue weighted by Gasteiger charge is -2.20. The van der Waals surface area contributed by atoms with Gasteiger partial charge in [0.2, 0.25) is 5.95 Å². The molecule has 29 heavy (non-hydrogen) atoms. The maximum Gasteiger partial charge on any atom is 0.267 e. The predicted octanol–water partition coefficient (Wildman–Crippen LogP) is 4.19. The van der Waals surface area contributed by atoms with Gasteiger partial charge in [0.15, 0.2) is 0 Å². The Morgan fingerprint density at radius 1 is 1.14 bits per heavy atom. The minimum atomic E-state index is -0.353. The molecule has 0 radical (unpaired) electrons. The van der Waals surface area contributed by atoms with Crippen LogP contribution in [0.25, 0.3) is 16.6 Å². The number of nitrogen functional groups attached to an aromatic ring is 1. The van der Waals surface area contributed by atoms with Crippen molar-refractivity contribution in [3.05, 3.63) is 79.5 Å². The fourth-order valence-electron chi connectivity index (χ4n) is 3.08. The van der Waals surface area contributed by atoms with E-state index < -0.39 is 0 Å². The van der Waals surface area contributed by atoms with Crippen LogP contribution in [0.2, 0.25) is 5.02 Å². The topological polar surface area (TPSA) is 98.7 Å². The maximum absolute atomic E-state index is 13.4. The van der Waals surface area contributed by atoms with Crippen molar-refractivity contribution < 1.29 is 0 Å². The van der Waals surface area contributed by atoms with E-state index >= 15 is 0 Å². The first kappa shape index (κ1) is 19.6. The van der Waals surface area contributed by atoms with Gasteiger partial charge in [-0.1, -0.05) is 35.9 Å². The van der Waals surface area contributed by atoms with Crippen LogP contribution in [0, 0.1) is 3.57 Å². The van der Waals surface area contributed by atoms with Crippen LogP contribution in [0.3, 0.4) is 0 Å². The highest BCUT2D eigenvalue weighted by Gasteiger charge is 2.20. The van der Waals surface area contributed by atoms with Gasteiger partial charge >= 0.3 is 0 Å². The summed E-state index contributed by atoms with van der Waals surface area (Å²) < 4.78 is 2.38. The molecule has 0 aliphatic heterocycles. The van der Waals surface area contributed by atoms with Gasteiger partial charge in [-0.05, 0) is 53.8 Å². The number of fused-ring (bicyclic) bond motifs is 1. The predicted molar refractivity (Wildman–Crippen MR) is 124 cm³/mol. The number of halogens is 2. The molecule has 0 bridgehead atoms. The quantitative estimate of drug-likeness (QED) is 0.393. The zero-order valence-electron chi connectivity index (χ0n) is 15.3. The molecule has 0 saturated carbocycles. The van der Waals surface area contributed by atoms with Gasteiger partial charge in [0, 0.05) is 6.20 Å². The van der Waals surface area contributed by atoms with Gasteiger partial charge in [0.05, 0.1) is 31.2 Å². The first-order valence-electron chi connectivity index (χ1n) is 8.77. The van der Waals surface area contributed by atoms with E-state index in [4.69, 9.17) is 22.3 Å². The van der Waals surface area contributed by atoms with Gasteiger partial charge in [-0.3, -0.25) is 9.36 Å². The summed E-state index contributed by atoms with van der Waals surface area (Å²) in [6.45, 7) is 1.91. The molecule has 0 amide bonds. The standard InChI is InChI=1S/C20H16ClIN6O/c1-11(25-17-14(22)10-24-20(23)27-17)18-26-15-9-5-8-13(21)16(15)19(29)28(18)12-6-3-2-4-7-12/h2-11H,1H3,(H3,23,24,25,27). The molecular formula is C20H16ClIN6O. The van der Waals surface area contributed by atoms with Crippen LogP contribution >= 0.6 is 34.2 Å². The number of anilines is 2. The number of nitrogens with zero attached hydrogens (tertiary/aromatic N) is 4. The van der Waals surface area contributed by atoms with Gasteiger partial charge in [-0.15, -0.1) is 0 Å². The summed E-state index contributed by atoms with van der Waals surface area (Å²) in [5.74, 6) is 1.27. The van der Waals surface area contributed by atoms with Gasteiger partial charge in [0.25, 0.3) is 5.56 Å². The summed E-state index contributed by atoms with van der Waals surface area (Å²) in [4.78, 5) is 26.4. The third kappa shape index (κ3) is 3.77. The number of hydrogen-bond acceptors (Lipinski definition) is 6. The van der Waals surface area contributed by atoms with Crippen molar-refractivity contribution in [1.82, 2.24) is 19.5 Å². The number of nitrogens with one attached hydrogen (secondary N) is 1. The van der Waals surface area contributed by atoms with Crippen molar-refractivity contribution in [3.8, 4) is 5.69 Å². The highest BCUT2D eigenvalue weighted by atomic mass is 127. The summed E-state index contributed by atoms with van der Waals surface area (Å²) in [6, 6.07) is 14.2. The summed E-state index contributed by atoms with van der Waals surface area (Å²) in [6.07, 6.45) is 1.63. The third-order valence-corrected chi connectivity index (χ3v) is 5.49. The summed E-state index contributed by atoms with van der Waals surface area (Å²) in [5.41, 5.74) is 6.74. The van der Waals surface area contributed by atoms with E-state index in [1.165, 1.54) is 0 Å². The Morgan fingerprint density at radius 2 is 1.90 bits per heavy atom. The maximum atomic E-state index is 13.4. The Hall–Kier alpha value is -2.72. The minimum Gasteiger partial charge on any atom is -0.368 e. The number of benzene rings is 2. The summed E-state index contributed by atoms with van der Waals surface area (Å²) in [7, 11) is 0. The van der Waals surface area contributed by atoms with Crippen LogP contribution in [0.5, 0.6) is 0 Å². The molecule has 4 rings (SSSR count). The Kier molecular flexibility index (Phi) is 5.37. The Bertz CT molecular complexity index is 1260. The largest absolute Gasteiger partial charge is 0.368 e. The zero-order chi connectivity index (χ0) is 20.5. The zero-order valence-corrected chi connectivity index (χ0v) is 18.2. The fraction of sp³-hybridized carbons (Fsp3) is 0.100. The smallest absolute Gasteiger partial charge is 0.267 e. The summed E-state index contributed by atoms with van der Waals surface area (Å²) >= 11 is 8.45. The van der Waals surface area contributed by atoms with Crippen LogP contribution in [0.15, 0.2) is 59.5 Å². The number of para-hydroxylation sites is 1. The molecule has 2 aromatic carbocycles. The Balaban J connectivity index is 1.93. The second-order valence-corrected chi connectivity index (χ2v) is 7.94. The molecule has 1 atom stereocenters. The van der Waals surface area contributed by atoms with Gasteiger partial charge in [-0.25, -0.2) is 9.97 Å². The average molecular weight is 519 g/mol. The van der Waals surface area contributed by atoms with E-state index in [0.717, 1.165) is 3.57 Å². The van der Waals surface area contributed by atoms with Crippen LogP contribution in [-0.4, -0.2) is 19.5 Å². The van der Waals surface area contributed by atoms with E-state index in [-0.39, 0.29) is 17.5 Å². The molecule has 2 heterocycles. The van der Waals surface area contributed by atoms with Gasteiger partial charge < -0.3 is 11.1 Å². The number of nitrogens with two attached hydrogens (primary N) is 1. The molecule has 0 aliphatic rings. The number of rotatable bonds is 4. The fourth-order valence-corrected chi connectivity index (χ4v) is 3.74. The van der Waals surface area contributed by atoms with E-state index in [1.807, 2.05) is 37.3 Å². The molecule has 2 aromatic heterocycles. The first-order chi connectivity index (χ1) is 14.0. The van der Waals surface area contributed by atoms with Crippen LogP contribution < -0.4 is 16.6 Å². The third-order valence-electron chi connectivity index (χ3n) is 4.39. The molecule has 3 N–H and O–H groups in total. The normalized spacial score (nSPS) is 12.1. The van der Waals surface area contributed by atoms with Crippen LogP contribution in [0.4, 0.5) is 11.8 Å². The SMILES string of the molecule is CC(Nc1nc(N)ncc1I)c1nc2cccc(Cl)c2c(=O)n1-c1ccccc1. The second kappa shape index (κ2) is 7.96. The van der Waals surface area contributed by atoms with Gasteiger partial charge in [0.1, 0.15) is 11.6 Å². The molecule has 146 valence electrons. The highest BCUT2D eigenvalue weighted by Crippen LogP contribution is 2.25. The molecule has 9 heteroatoms. The lowest BCUT2D eigenvalue weighted by molar-refractivity contribution is 0.730. The van der Waals surface area contributed by atoms with Crippen molar-refractivity contribution in [2.45, 2.75) is 13.0 Å². The molecule has 0 aliphatic carbocycles. The lowest BCUT2D eigenvalue weighted by atomic mass is 10.2. The van der Waals surface area contributed by atoms with Crippen molar-refractivity contribution in [1.29, 1.82) is 0 Å². The molecular weight excluding hydrogens is 503 g/mol. The second-order valence-electron chi connectivity index (χ2n) is 6.37. The van der Waals surface area contributed by atoms with E-state index in [1.54, 1.807) is 29.0 Å². The van der Waals surface area contributed by atoms with Crippen molar-refractivity contribution in [2.75, 3.05) is 11.1 Å². The van der Waals surface area contributed by atoms with E-state index in [2.05, 4.69) is 37.9 Å². The van der Waals surface area contributed by atoms with E-state index in [0.29, 0.717) is 33.3 Å². The van der Waals surface area contributed by atoms with Crippen LogP contribution in [0.1, 0.15) is 18.8 Å². The number of hydrogen-bond donors (Lipinski definition) is 2. The minimum absolute atomic E-state index is 0.166. The van der Waals surface area contributed by atoms with E-state index in [9.17, 15) is 4.79 Å². The summed E-state index contributed by atoms with van der Waals surface area (Å²) in [5, 5.41) is 4.04. The molecule has 4 aromatic rings. The molecule has 1 unspecified atom stereocenters. The molecule has 0 spiro atoms. The number of aromatic nitrogens is 4. The van der Waals surface area contributed by atoms with Crippen LogP contribution in [-0.2, 0) is 0 Å². The highest BCUT2D eigenvalue weighted by molar-refractivity contribution is 14.1. The Morgan fingerprint density at radius 3 is 2.66 bits per heavy atom. The Labute approximate surface area is 185 Å². The first-order valence-corrected chi connectivity index (χ1v) is 10.2. The van der Waals surface area contributed by atoms with Gasteiger partial charge in [-0.2, -0.15) is 4.98 Å². The van der Waals surface area contributed by atoms with Crippen molar-refractivity contribution >= 4 is 56.9 Å². The van der Waals surface area contributed by atoms with Crippen molar-refractivity contribution in [3.63, 3.8) is 0 Å².